The van der Waals surface area contributed by atoms with Crippen LogP contribution in [0.4, 0.5) is 0 Å². The molecule has 0 unspecified atom stereocenters. The predicted molar refractivity (Wildman–Crippen MR) is 121 cm³/mol. The van der Waals surface area contributed by atoms with Gasteiger partial charge in [0.2, 0.25) is 0 Å². The van der Waals surface area contributed by atoms with Gasteiger partial charge in [0.25, 0.3) is 5.56 Å². The van der Waals surface area contributed by atoms with E-state index in [4.69, 9.17) is 19.7 Å². The summed E-state index contributed by atoms with van der Waals surface area (Å²) in [6, 6.07) is 17.3. The van der Waals surface area contributed by atoms with Gasteiger partial charge in [0.1, 0.15) is 16.7 Å². The molecule has 0 radical (unpaired) electrons. The van der Waals surface area contributed by atoms with Gasteiger partial charge in [-0.2, -0.15) is 9.78 Å². The van der Waals surface area contributed by atoms with Crippen LogP contribution in [0.25, 0.3) is 33.2 Å². The Balaban J connectivity index is 1.85. The van der Waals surface area contributed by atoms with E-state index < -0.39 is 0 Å². The van der Waals surface area contributed by atoms with Crippen LogP contribution in [-0.4, -0.2) is 44.1 Å². The van der Waals surface area contributed by atoms with Crippen molar-refractivity contribution in [2.45, 2.75) is 13.5 Å². The van der Waals surface area contributed by atoms with E-state index in [0.29, 0.717) is 46.7 Å². The molecule has 154 valence electrons. The van der Waals surface area contributed by atoms with E-state index in [2.05, 4.69) is 5.10 Å². The molecule has 0 amide bonds. The SMILES string of the molecule is COCCn1c(C)nc2c(c1=O)c1nc3ccccc3nc1n2/N=C/c1ccccc1. The van der Waals surface area contributed by atoms with Crippen LogP contribution in [0.2, 0.25) is 0 Å². The lowest BCUT2D eigenvalue weighted by atomic mass is 10.2. The van der Waals surface area contributed by atoms with Gasteiger partial charge < -0.3 is 4.74 Å². The zero-order chi connectivity index (χ0) is 21.4. The van der Waals surface area contributed by atoms with Crippen molar-refractivity contribution in [3.8, 4) is 0 Å². The number of nitrogens with zero attached hydrogens (tertiary/aromatic N) is 6. The smallest absolute Gasteiger partial charge is 0.265 e. The van der Waals surface area contributed by atoms with E-state index in [1.54, 1.807) is 29.5 Å². The molecule has 0 saturated carbocycles. The van der Waals surface area contributed by atoms with Crippen molar-refractivity contribution >= 4 is 39.4 Å². The van der Waals surface area contributed by atoms with Gasteiger partial charge in [-0.1, -0.05) is 42.5 Å². The standard InChI is InChI=1S/C23H20N6O2/c1-15-25-21-19(23(30)28(15)12-13-31-2)20-22(27-18-11-7-6-10-17(18)26-20)29(21)24-14-16-8-4-3-5-9-16/h3-11,14H,12-13H2,1-2H3/b24-14+. The molecule has 0 spiro atoms. The van der Waals surface area contributed by atoms with Gasteiger partial charge in [-0.05, 0) is 24.6 Å². The zero-order valence-corrected chi connectivity index (χ0v) is 17.2. The van der Waals surface area contributed by atoms with E-state index in [9.17, 15) is 4.79 Å². The van der Waals surface area contributed by atoms with E-state index in [0.717, 1.165) is 11.1 Å². The number of aryl methyl sites for hydroxylation is 1. The summed E-state index contributed by atoms with van der Waals surface area (Å²) in [7, 11) is 1.61. The molecule has 8 heteroatoms. The van der Waals surface area contributed by atoms with Crippen LogP contribution in [0.1, 0.15) is 11.4 Å². The normalized spacial score (nSPS) is 11.9. The molecule has 0 aliphatic carbocycles. The fraction of sp³-hybridized carbons (Fsp3) is 0.174. The van der Waals surface area contributed by atoms with Gasteiger partial charge in [-0.3, -0.25) is 9.36 Å². The second-order valence-corrected chi connectivity index (χ2v) is 7.16. The quantitative estimate of drug-likeness (QED) is 0.414. The van der Waals surface area contributed by atoms with Crippen LogP contribution in [0.3, 0.4) is 0 Å². The van der Waals surface area contributed by atoms with Crippen LogP contribution in [0, 0.1) is 6.92 Å². The summed E-state index contributed by atoms with van der Waals surface area (Å²) < 4.78 is 8.37. The summed E-state index contributed by atoms with van der Waals surface area (Å²) in [5.74, 6) is 0.582. The summed E-state index contributed by atoms with van der Waals surface area (Å²) >= 11 is 0. The average molecular weight is 412 g/mol. The molecule has 5 aromatic rings. The van der Waals surface area contributed by atoms with Crippen LogP contribution in [0.15, 0.2) is 64.5 Å². The Bertz CT molecular complexity index is 1500. The Morgan fingerprint density at radius 2 is 1.68 bits per heavy atom. The molecule has 3 heterocycles. The number of hydrogen-bond donors (Lipinski definition) is 0. The highest BCUT2D eigenvalue weighted by molar-refractivity contribution is 6.04. The van der Waals surface area contributed by atoms with Crippen molar-refractivity contribution in [3.63, 3.8) is 0 Å². The van der Waals surface area contributed by atoms with Crippen molar-refractivity contribution in [2.75, 3.05) is 13.7 Å². The monoisotopic (exact) mass is 412 g/mol. The molecule has 0 N–H and O–H groups in total. The fourth-order valence-corrected chi connectivity index (χ4v) is 3.63. The molecule has 3 aromatic heterocycles. The minimum Gasteiger partial charge on any atom is -0.383 e. The summed E-state index contributed by atoms with van der Waals surface area (Å²) in [5, 5.41) is 5.03. The van der Waals surface area contributed by atoms with Gasteiger partial charge in [0.05, 0.1) is 30.4 Å². The van der Waals surface area contributed by atoms with E-state index in [-0.39, 0.29) is 5.56 Å². The predicted octanol–water partition coefficient (Wildman–Crippen LogP) is 3.13. The average Bonchev–Trinajstić information content (AvgIpc) is 3.08. The molecular weight excluding hydrogens is 392 g/mol. The maximum Gasteiger partial charge on any atom is 0.265 e. The van der Waals surface area contributed by atoms with Gasteiger partial charge in [0, 0.05) is 7.11 Å². The van der Waals surface area contributed by atoms with Crippen molar-refractivity contribution in [2.24, 2.45) is 5.10 Å². The van der Waals surface area contributed by atoms with Crippen molar-refractivity contribution in [3.05, 3.63) is 76.3 Å². The second-order valence-electron chi connectivity index (χ2n) is 7.16. The van der Waals surface area contributed by atoms with Gasteiger partial charge in [-0.25, -0.2) is 15.0 Å². The summed E-state index contributed by atoms with van der Waals surface area (Å²) in [5.41, 5.74) is 3.61. The molecule has 8 nitrogen and oxygen atoms in total. The number of ether oxygens (including phenoxy) is 1. The topological polar surface area (TPSA) is 87.2 Å². The molecule has 0 fully saturated rings. The van der Waals surface area contributed by atoms with E-state index in [1.807, 2.05) is 54.6 Å². The zero-order valence-electron chi connectivity index (χ0n) is 17.2. The molecule has 0 atom stereocenters. The highest BCUT2D eigenvalue weighted by Gasteiger charge is 2.21. The summed E-state index contributed by atoms with van der Waals surface area (Å²) in [6.07, 6.45) is 1.73. The highest BCUT2D eigenvalue weighted by atomic mass is 16.5. The number of aromatic nitrogens is 5. The Kier molecular flexibility index (Phi) is 4.76. The third-order valence-electron chi connectivity index (χ3n) is 5.17. The van der Waals surface area contributed by atoms with Crippen LogP contribution >= 0.6 is 0 Å². The van der Waals surface area contributed by atoms with Crippen LogP contribution < -0.4 is 5.56 Å². The largest absolute Gasteiger partial charge is 0.383 e. The first-order valence-electron chi connectivity index (χ1n) is 9.94. The number of para-hydroxylation sites is 2. The molecule has 31 heavy (non-hydrogen) atoms. The number of benzene rings is 2. The van der Waals surface area contributed by atoms with Gasteiger partial charge in [0.15, 0.2) is 11.3 Å². The van der Waals surface area contributed by atoms with E-state index in [1.165, 1.54) is 0 Å². The Morgan fingerprint density at radius 3 is 2.42 bits per heavy atom. The third kappa shape index (κ3) is 3.27. The lowest BCUT2D eigenvalue weighted by molar-refractivity contribution is 0.185. The molecule has 0 saturated heterocycles. The van der Waals surface area contributed by atoms with E-state index >= 15 is 0 Å². The van der Waals surface area contributed by atoms with Gasteiger partial charge in [-0.15, -0.1) is 0 Å². The Morgan fingerprint density at radius 1 is 0.968 bits per heavy atom. The maximum atomic E-state index is 13.4. The molecule has 5 rings (SSSR count). The second kappa shape index (κ2) is 7.73. The number of hydrogen-bond acceptors (Lipinski definition) is 6. The Hall–Kier alpha value is -3.91. The molecule has 0 bridgehead atoms. The Labute approximate surface area is 177 Å². The van der Waals surface area contributed by atoms with Crippen molar-refractivity contribution in [1.29, 1.82) is 0 Å². The molecule has 2 aromatic carbocycles. The first-order valence-corrected chi connectivity index (χ1v) is 9.94. The summed E-state index contributed by atoms with van der Waals surface area (Å²) in [4.78, 5) is 27.6. The summed E-state index contributed by atoms with van der Waals surface area (Å²) in [6.45, 7) is 2.62. The van der Waals surface area contributed by atoms with Crippen molar-refractivity contribution in [1.82, 2.24) is 24.2 Å². The minimum absolute atomic E-state index is 0.178. The molecule has 0 aliphatic rings. The number of fused-ring (bicyclic) bond motifs is 4. The lowest BCUT2D eigenvalue weighted by Crippen LogP contribution is -2.25. The van der Waals surface area contributed by atoms with Gasteiger partial charge >= 0.3 is 0 Å². The first kappa shape index (κ1) is 19.1. The van der Waals surface area contributed by atoms with Crippen LogP contribution in [0.5, 0.6) is 0 Å². The maximum absolute atomic E-state index is 13.4. The number of methoxy groups -OCH3 is 1. The molecular formula is C23H20N6O2. The fourth-order valence-electron chi connectivity index (χ4n) is 3.63. The third-order valence-corrected chi connectivity index (χ3v) is 5.17. The minimum atomic E-state index is -0.178. The van der Waals surface area contributed by atoms with Crippen LogP contribution in [-0.2, 0) is 11.3 Å². The van der Waals surface area contributed by atoms with Crippen molar-refractivity contribution < 1.29 is 4.74 Å². The number of rotatable bonds is 5. The highest BCUT2D eigenvalue weighted by Crippen LogP contribution is 2.25. The lowest BCUT2D eigenvalue weighted by Gasteiger charge is -2.08. The first-order chi connectivity index (χ1) is 15.2. The molecule has 0 aliphatic heterocycles.